The van der Waals surface area contributed by atoms with Gasteiger partial charge in [0.05, 0.1) is 6.20 Å². The van der Waals surface area contributed by atoms with Gasteiger partial charge in [-0.1, -0.05) is 0 Å². The molecule has 0 amide bonds. The molecule has 76 valence electrons. The fraction of sp³-hybridized carbons (Fsp3) is 0.375. The molecule has 1 N–H and O–H groups in total. The van der Waals surface area contributed by atoms with Crippen LogP contribution in [0.25, 0.3) is 0 Å². The smallest absolute Gasteiger partial charge is 0.242 e. The molecule has 1 heterocycles. The predicted molar refractivity (Wildman–Crippen MR) is 47.5 cm³/mol. The molecule has 1 aliphatic rings. The number of nitrogens with zero attached hydrogens (tertiary/aromatic N) is 1. The molecule has 14 heavy (non-hydrogen) atoms. The van der Waals surface area contributed by atoms with Crippen LogP contribution in [0.3, 0.4) is 0 Å². The number of sulfonamides is 1. The van der Waals surface area contributed by atoms with Crippen molar-refractivity contribution >= 4 is 10.0 Å². The van der Waals surface area contributed by atoms with Crippen LogP contribution in [0, 0.1) is 5.82 Å². The zero-order chi connectivity index (χ0) is 10.2. The van der Waals surface area contributed by atoms with Gasteiger partial charge < -0.3 is 0 Å². The molecule has 2 rings (SSSR count). The fourth-order valence-electron chi connectivity index (χ4n) is 1.03. The van der Waals surface area contributed by atoms with Crippen molar-refractivity contribution in [3.05, 3.63) is 24.3 Å². The van der Waals surface area contributed by atoms with Crippen molar-refractivity contribution in [2.75, 3.05) is 0 Å². The summed E-state index contributed by atoms with van der Waals surface area (Å²) < 4.78 is 38.2. The summed E-state index contributed by atoms with van der Waals surface area (Å²) in [5.74, 6) is -0.649. The molecule has 0 spiro atoms. The van der Waals surface area contributed by atoms with Crippen molar-refractivity contribution in [1.82, 2.24) is 9.71 Å². The minimum atomic E-state index is -3.57. The summed E-state index contributed by atoms with van der Waals surface area (Å²) in [4.78, 5) is 3.36. The Kier molecular flexibility index (Phi) is 2.24. The van der Waals surface area contributed by atoms with Gasteiger partial charge in [-0.15, -0.1) is 0 Å². The summed E-state index contributed by atoms with van der Waals surface area (Å²) in [5, 5.41) is 0. The summed E-state index contributed by atoms with van der Waals surface area (Å²) in [6.45, 7) is 0. The lowest BCUT2D eigenvalue weighted by atomic mass is 10.5. The highest BCUT2D eigenvalue weighted by Crippen LogP contribution is 2.21. The van der Waals surface area contributed by atoms with Crippen molar-refractivity contribution in [3.8, 4) is 0 Å². The molecule has 1 aliphatic carbocycles. The summed E-state index contributed by atoms with van der Waals surface area (Å²) in [6.07, 6.45) is 3.80. The first-order valence-electron chi connectivity index (χ1n) is 4.21. The molecule has 1 aromatic heterocycles. The molecule has 1 aromatic rings. The Bertz CT molecular complexity index is 442. The van der Waals surface area contributed by atoms with Crippen molar-refractivity contribution in [1.29, 1.82) is 0 Å². The highest BCUT2D eigenvalue weighted by molar-refractivity contribution is 7.89. The van der Waals surface area contributed by atoms with E-state index in [4.69, 9.17) is 0 Å². The van der Waals surface area contributed by atoms with E-state index in [9.17, 15) is 12.8 Å². The number of rotatable bonds is 3. The summed E-state index contributed by atoms with van der Waals surface area (Å²) in [6, 6.07) is 0.973. The highest BCUT2D eigenvalue weighted by Gasteiger charge is 2.28. The van der Waals surface area contributed by atoms with Crippen LogP contribution in [0.2, 0.25) is 0 Å². The first kappa shape index (κ1) is 9.54. The van der Waals surface area contributed by atoms with E-state index in [-0.39, 0.29) is 10.9 Å². The zero-order valence-corrected chi connectivity index (χ0v) is 8.09. The van der Waals surface area contributed by atoms with E-state index in [0.717, 1.165) is 31.3 Å². The number of hydrogen-bond donors (Lipinski definition) is 1. The van der Waals surface area contributed by atoms with Gasteiger partial charge in [-0.3, -0.25) is 4.98 Å². The van der Waals surface area contributed by atoms with Crippen molar-refractivity contribution < 1.29 is 12.8 Å². The number of hydrogen-bond acceptors (Lipinski definition) is 3. The van der Waals surface area contributed by atoms with Gasteiger partial charge in [-0.05, 0) is 18.9 Å². The number of nitrogens with one attached hydrogen (secondary N) is 1. The fourth-order valence-corrected chi connectivity index (χ4v) is 2.31. The van der Waals surface area contributed by atoms with Crippen LogP contribution in [0.5, 0.6) is 0 Å². The first-order chi connectivity index (χ1) is 6.58. The Hall–Kier alpha value is -1.01. The lowest BCUT2D eigenvalue weighted by Crippen LogP contribution is -2.25. The Morgan fingerprint density at radius 3 is 2.71 bits per heavy atom. The van der Waals surface area contributed by atoms with Gasteiger partial charge in [0.25, 0.3) is 0 Å². The van der Waals surface area contributed by atoms with Gasteiger partial charge in [0.2, 0.25) is 10.0 Å². The van der Waals surface area contributed by atoms with E-state index in [1.54, 1.807) is 0 Å². The standard InChI is InChI=1S/C8H9FN2O2S/c9-6-3-8(5-10-4-6)14(12,13)11-7-1-2-7/h3-5,7,11H,1-2H2. The Balaban J connectivity index is 2.28. The average Bonchev–Trinajstić information content (AvgIpc) is 2.87. The average molecular weight is 216 g/mol. The molecule has 0 saturated heterocycles. The summed E-state index contributed by atoms with van der Waals surface area (Å²) in [7, 11) is -3.57. The third-order valence-electron chi connectivity index (χ3n) is 1.89. The molecule has 1 fully saturated rings. The maximum atomic E-state index is 12.7. The molecule has 0 aromatic carbocycles. The Morgan fingerprint density at radius 2 is 2.14 bits per heavy atom. The molecule has 0 bridgehead atoms. The lowest BCUT2D eigenvalue weighted by Gasteiger charge is -2.03. The second-order valence-electron chi connectivity index (χ2n) is 3.23. The molecule has 6 heteroatoms. The van der Waals surface area contributed by atoms with E-state index in [2.05, 4.69) is 9.71 Å². The van der Waals surface area contributed by atoms with Crippen LogP contribution in [-0.4, -0.2) is 19.4 Å². The van der Waals surface area contributed by atoms with Gasteiger partial charge in [0, 0.05) is 12.2 Å². The second-order valence-corrected chi connectivity index (χ2v) is 4.95. The third-order valence-corrected chi connectivity index (χ3v) is 3.38. The van der Waals surface area contributed by atoms with Crippen LogP contribution < -0.4 is 4.72 Å². The second kappa shape index (κ2) is 3.29. The van der Waals surface area contributed by atoms with Gasteiger partial charge >= 0.3 is 0 Å². The van der Waals surface area contributed by atoms with Gasteiger partial charge in [-0.25, -0.2) is 17.5 Å². The van der Waals surface area contributed by atoms with Gasteiger partial charge in [0.15, 0.2) is 0 Å². The first-order valence-corrected chi connectivity index (χ1v) is 5.69. The van der Waals surface area contributed by atoms with Crippen LogP contribution in [0.1, 0.15) is 12.8 Å². The van der Waals surface area contributed by atoms with E-state index in [0.29, 0.717) is 0 Å². The van der Waals surface area contributed by atoms with Crippen LogP contribution >= 0.6 is 0 Å². The normalized spacial score (nSPS) is 16.9. The maximum Gasteiger partial charge on any atom is 0.242 e. The quantitative estimate of drug-likeness (QED) is 0.807. The molecule has 0 aliphatic heterocycles. The minimum absolute atomic E-state index is 0.0169. The molecular formula is C8H9FN2O2S. The van der Waals surface area contributed by atoms with E-state index >= 15 is 0 Å². The topological polar surface area (TPSA) is 59.1 Å². The predicted octanol–water partition coefficient (Wildman–Crippen LogP) is 0.661. The monoisotopic (exact) mass is 216 g/mol. The number of aromatic nitrogens is 1. The molecule has 1 saturated carbocycles. The minimum Gasteiger partial charge on any atom is -0.260 e. The molecule has 0 unspecified atom stereocenters. The molecule has 4 nitrogen and oxygen atoms in total. The van der Waals surface area contributed by atoms with Crippen molar-refractivity contribution in [2.45, 2.75) is 23.8 Å². The van der Waals surface area contributed by atoms with E-state index in [1.807, 2.05) is 0 Å². The molecule has 0 radical (unpaired) electrons. The van der Waals surface area contributed by atoms with Gasteiger partial charge in [-0.2, -0.15) is 0 Å². The van der Waals surface area contributed by atoms with Crippen LogP contribution in [0.15, 0.2) is 23.4 Å². The Labute approximate surface area is 81.2 Å². The summed E-state index contributed by atoms with van der Waals surface area (Å²) >= 11 is 0. The lowest BCUT2D eigenvalue weighted by molar-refractivity contribution is 0.575. The van der Waals surface area contributed by atoms with E-state index < -0.39 is 15.8 Å². The highest BCUT2D eigenvalue weighted by atomic mass is 32.2. The number of halogens is 1. The SMILES string of the molecule is O=S(=O)(NC1CC1)c1cncc(F)c1. The maximum absolute atomic E-state index is 12.7. The van der Waals surface area contributed by atoms with Crippen LogP contribution in [0.4, 0.5) is 4.39 Å². The Morgan fingerprint density at radius 1 is 1.43 bits per heavy atom. The van der Waals surface area contributed by atoms with Crippen molar-refractivity contribution in [3.63, 3.8) is 0 Å². The third kappa shape index (κ3) is 2.08. The van der Waals surface area contributed by atoms with Gasteiger partial charge in [0.1, 0.15) is 10.7 Å². The number of pyridine rings is 1. The van der Waals surface area contributed by atoms with Crippen LogP contribution in [-0.2, 0) is 10.0 Å². The zero-order valence-electron chi connectivity index (χ0n) is 7.27. The largest absolute Gasteiger partial charge is 0.260 e. The molecule has 0 atom stereocenters. The summed E-state index contributed by atoms with van der Waals surface area (Å²) in [5.41, 5.74) is 0. The van der Waals surface area contributed by atoms with Crippen molar-refractivity contribution in [2.24, 2.45) is 0 Å². The molecular weight excluding hydrogens is 207 g/mol. The van der Waals surface area contributed by atoms with E-state index in [1.165, 1.54) is 0 Å².